The number of ether oxygens (including phenoxy) is 2. The number of likely N-dealkylation sites (tertiary alicyclic amines) is 2. The summed E-state index contributed by atoms with van der Waals surface area (Å²) in [5.74, 6) is -4.64. The molecule has 16 nitrogen and oxygen atoms in total. The molecular weight excluding hydrogens is 702 g/mol. The molecule has 0 saturated carbocycles. The monoisotopic (exact) mass is 753 g/mol. The molecule has 16 heteroatoms. The molecule has 4 N–H and O–H groups in total. The van der Waals surface area contributed by atoms with Gasteiger partial charge in [0.1, 0.15) is 24.3 Å². The fraction of sp³-hybridized carbons (Fsp3) is 0.526. The van der Waals surface area contributed by atoms with Crippen LogP contribution in [0.1, 0.15) is 64.0 Å². The second kappa shape index (κ2) is 18.3. The largest absolute Gasteiger partial charge is 0.480 e. The number of benzene rings is 2. The number of alkyl carbamates (subject to hydrolysis) is 1. The molecule has 54 heavy (non-hydrogen) atoms. The number of carboxylic acid groups (broad SMARTS) is 1. The van der Waals surface area contributed by atoms with Crippen molar-refractivity contribution in [3.63, 3.8) is 0 Å². The molecule has 4 rings (SSSR count). The van der Waals surface area contributed by atoms with Gasteiger partial charge < -0.3 is 34.3 Å². The van der Waals surface area contributed by atoms with Crippen molar-refractivity contribution < 1.29 is 53.3 Å². The lowest BCUT2D eigenvalue weighted by Crippen LogP contribution is -2.70. The number of aliphatic carboxylic acids is 1. The van der Waals surface area contributed by atoms with Gasteiger partial charge in [-0.05, 0) is 64.0 Å². The maximum Gasteiger partial charge on any atom is 0.409 e. The number of aliphatic hydroxyl groups excluding tert-OH is 1. The van der Waals surface area contributed by atoms with Crippen LogP contribution in [0.25, 0.3) is 0 Å². The predicted octanol–water partition coefficient (Wildman–Crippen LogP) is 1.99. The Morgan fingerprint density at radius 3 is 2.07 bits per heavy atom. The fourth-order valence-electron chi connectivity index (χ4n) is 6.53. The Balaban J connectivity index is 1.66. The van der Waals surface area contributed by atoms with Gasteiger partial charge in [0.2, 0.25) is 11.6 Å². The van der Waals surface area contributed by atoms with Gasteiger partial charge in [0.15, 0.2) is 6.10 Å². The van der Waals surface area contributed by atoms with E-state index in [1.807, 2.05) is 0 Å². The number of amides is 3. The van der Waals surface area contributed by atoms with Crippen molar-refractivity contribution in [1.29, 1.82) is 0 Å². The molecule has 0 radical (unpaired) electrons. The molecule has 0 aliphatic carbocycles. The van der Waals surface area contributed by atoms with Crippen LogP contribution in [0.4, 0.5) is 4.79 Å². The van der Waals surface area contributed by atoms with E-state index in [0.29, 0.717) is 30.4 Å². The van der Waals surface area contributed by atoms with E-state index in [9.17, 15) is 39.0 Å². The maximum absolute atomic E-state index is 14.5. The van der Waals surface area contributed by atoms with Crippen LogP contribution < -0.4 is 10.8 Å². The third kappa shape index (κ3) is 10.8. The maximum atomic E-state index is 14.5. The summed E-state index contributed by atoms with van der Waals surface area (Å²) in [4.78, 5) is 89.8. The van der Waals surface area contributed by atoms with E-state index < -0.39 is 77.7 Å². The van der Waals surface area contributed by atoms with Gasteiger partial charge in [0.05, 0.1) is 12.5 Å². The summed E-state index contributed by atoms with van der Waals surface area (Å²) in [5, 5.41) is 24.2. The van der Waals surface area contributed by atoms with Crippen molar-refractivity contribution in [2.24, 2.45) is 0 Å². The second-order valence-electron chi connectivity index (χ2n) is 14.7. The standard InChI is InChI=1S/C38H51N5O11/c1-37(2,3)53-34(49)29-19-12-20-42(29)32(46)31(45)27(22-25-14-8-6-9-15-25)40-54-35(50)38(23-30(44)41(4)5,43-21-13-18-28(43)33(47)48)39-36(51)52-24-26-16-10-7-11-17-26/h6-11,14-17,27-29,31,40,45H,12-13,18-24H2,1-5H3,(H,39,51)(H,47,48)/t27-,28-,29-,31-,38-/m0/s1. The fourth-order valence-corrected chi connectivity index (χ4v) is 6.53. The van der Waals surface area contributed by atoms with Crippen LogP contribution in [0.15, 0.2) is 60.7 Å². The number of hydrogen-bond donors (Lipinski definition) is 4. The van der Waals surface area contributed by atoms with Crippen LogP contribution >= 0.6 is 0 Å². The first kappa shape index (κ1) is 41.7. The molecule has 2 fully saturated rings. The molecular formula is C38H51N5O11. The van der Waals surface area contributed by atoms with Crippen LogP contribution in [0.5, 0.6) is 0 Å². The summed E-state index contributed by atoms with van der Waals surface area (Å²) in [5.41, 5.74) is 0.559. The number of esters is 1. The normalized spacial score (nSPS) is 19.6. The van der Waals surface area contributed by atoms with Gasteiger partial charge in [-0.25, -0.2) is 14.4 Å². The minimum atomic E-state index is -2.41. The third-order valence-corrected chi connectivity index (χ3v) is 9.24. The van der Waals surface area contributed by atoms with Crippen molar-refractivity contribution in [3.8, 4) is 0 Å². The molecule has 0 spiro atoms. The summed E-state index contributed by atoms with van der Waals surface area (Å²) in [7, 11) is 2.87. The van der Waals surface area contributed by atoms with Crippen LogP contribution in [0, 0.1) is 0 Å². The zero-order chi connectivity index (χ0) is 39.6. The number of carboxylic acids is 1. The number of hydrogen-bond acceptors (Lipinski definition) is 12. The van der Waals surface area contributed by atoms with E-state index in [1.54, 1.807) is 81.4 Å². The highest BCUT2D eigenvalue weighted by Gasteiger charge is 2.55. The van der Waals surface area contributed by atoms with Crippen molar-refractivity contribution in [2.75, 3.05) is 27.2 Å². The average Bonchev–Trinajstić information content (AvgIpc) is 3.83. The first-order valence-corrected chi connectivity index (χ1v) is 17.9. The van der Waals surface area contributed by atoms with Gasteiger partial charge in [-0.3, -0.25) is 24.6 Å². The van der Waals surface area contributed by atoms with Crippen molar-refractivity contribution >= 4 is 35.8 Å². The van der Waals surface area contributed by atoms with E-state index in [4.69, 9.17) is 14.3 Å². The number of nitrogens with one attached hydrogen (secondary N) is 2. The number of carbonyl (C=O) groups is 6. The number of rotatable bonds is 15. The highest BCUT2D eigenvalue weighted by molar-refractivity contribution is 5.92. The number of nitrogens with zero attached hydrogens (tertiary/aromatic N) is 3. The molecule has 0 aromatic heterocycles. The Kier molecular flexibility index (Phi) is 14.1. The Morgan fingerprint density at radius 1 is 0.889 bits per heavy atom. The molecule has 2 aliphatic heterocycles. The van der Waals surface area contributed by atoms with Gasteiger partial charge in [0, 0.05) is 27.2 Å². The Labute approximate surface area is 314 Å². The molecule has 2 heterocycles. The summed E-state index contributed by atoms with van der Waals surface area (Å²) in [6.07, 6.45) is -2.55. The van der Waals surface area contributed by atoms with Crippen LogP contribution in [0.2, 0.25) is 0 Å². The van der Waals surface area contributed by atoms with E-state index in [0.717, 1.165) is 0 Å². The van der Waals surface area contributed by atoms with Gasteiger partial charge in [-0.15, -0.1) is 5.48 Å². The first-order chi connectivity index (χ1) is 25.5. The van der Waals surface area contributed by atoms with Gasteiger partial charge >= 0.3 is 24.0 Å². The molecule has 294 valence electrons. The third-order valence-electron chi connectivity index (χ3n) is 9.24. The van der Waals surface area contributed by atoms with E-state index in [1.165, 1.54) is 28.8 Å². The highest BCUT2D eigenvalue weighted by Crippen LogP contribution is 2.31. The van der Waals surface area contributed by atoms with Gasteiger partial charge in [0.25, 0.3) is 5.91 Å². The molecule has 5 atom stereocenters. The average molecular weight is 754 g/mol. The van der Waals surface area contributed by atoms with Crippen molar-refractivity contribution in [2.45, 2.75) is 101 Å². The van der Waals surface area contributed by atoms with E-state index in [2.05, 4.69) is 10.8 Å². The zero-order valence-corrected chi connectivity index (χ0v) is 31.4. The lowest BCUT2D eigenvalue weighted by atomic mass is 10.00. The Bertz CT molecular complexity index is 1630. The lowest BCUT2D eigenvalue weighted by molar-refractivity contribution is -0.179. The Hall–Kier alpha value is -5.06. The van der Waals surface area contributed by atoms with E-state index in [-0.39, 0.29) is 32.5 Å². The Morgan fingerprint density at radius 2 is 1.48 bits per heavy atom. The molecule has 3 amide bonds. The minimum absolute atomic E-state index is 0.0126. The zero-order valence-electron chi connectivity index (χ0n) is 31.4. The quantitative estimate of drug-likeness (QED) is 0.117. The summed E-state index contributed by atoms with van der Waals surface area (Å²) in [6.45, 7) is 5.09. The number of carbonyl (C=O) groups excluding carboxylic acids is 5. The molecule has 0 unspecified atom stereocenters. The molecule has 2 aromatic rings. The van der Waals surface area contributed by atoms with Crippen molar-refractivity contribution in [1.82, 2.24) is 25.5 Å². The predicted molar refractivity (Wildman–Crippen MR) is 193 cm³/mol. The molecule has 2 aliphatic rings. The van der Waals surface area contributed by atoms with Crippen LogP contribution in [0.3, 0.4) is 0 Å². The SMILES string of the molecule is CN(C)C(=O)C[C@@](NC(=O)OCc1ccccc1)(C(=O)ON[C@@H](Cc1ccccc1)[C@H](O)C(=O)N1CCC[C@H]1C(=O)OC(C)(C)C)N1CCC[C@H]1C(=O)O. The van der Waals surface area contributed by atoms with Crippen LogP contribution in [-0.2, 0) is 51.3 Å². The van der Waals surface area contributed by atoms with Gasteiger partial charge in [-0.2, -0.15) is 0 Å². The molecule has 0 bridgehead atoms. The summed E-state index contributed by atoms with van der Waals surface area (Å²) in [6, 6.07) is 13.9. The first-order valence-electron chi connectivity index (χ1n) is 17.9. The smallest absolute Gasteiger partial charge is 0.409 e. The van der Waals surface area contributed by atoms with E-state index >= 15 is 0 Å². The topological polar surface area (TPSA) is 204 Å². The lowest BCUT2D eigenvalue weighted by Gasteiger charge is -2.41. The number of aliphatic hydroxyl groups is 1. The minimum Gasteiger partial charge on any atom is -0.480 e. The van der Waals surface area contributed by atoms with Crippen molar-refractivity contribution in [3.05, 3.63) is 71.8 Å². The summed E-state index contributed by atoms with van der Waals surface area (Å²) >= 11 is 0. The number of hydroxylamine groups is 1. The highest BCUT2D eigenvalue weighted by atomic mass is 16.7. The van der Waals surface area contributed by atoms with Crippen LogP contribution in [-0.4, -0.2) is 123 Å². The molecule has 2 saturated heterocycles. The molecule has 2 aromatic carbocycles. The summed E-state index contributed by atoms with van der Waals surface area (Å²) < 4.78 is 10.9. The van der Waals surface area contributed by atoms with Gasteiger partial charge in [-0.1, -0.05) is 60.7 Å². The second-order valence-corrected chi connectivity index (χ2v) is 14.7.